The molecule has 1 fully saturated rings. The first kappa shape index (κ1) is 27.8. The summed E-state index contributed by atoms with van der Waals surface area (Å²) in [5.41, 5.74) is 0. The van der Waals surface area contributed by atoms with E-state index in [1.807, 2.05) is 0 Å². The van der Waals surface area contributed by atoms with Gasteiger partial charge in [0.15, 0.2) is 0 Å². The first-order chi connectivity index (χ1) is 7.43. The summed E-state index contributed by atoms with van der Waals surface area (Å²) in [6.45, 7) is 11.4. The Morgan fingerprint density at radius 1 is 1.17 bits per heavy atom. The molecule has 0 amide bonds. The van der Waals surface area contributed by atoms with Crippen LogP contribution in [-0.2, 0) is 10.4 Å². The summed E-state index contributed by atoms with van der Waals surface area (Å²) < 4.78 is 34.1. The van der Waals surface area contributed by atoms with Crippen LogP contribution in [-0.4, -0.2) is 66.9 Å². The van der Waals surface area contributed by atoms with Crippen LogP contribution in [0.15, 0.2) is 13.2 Å². The fourth-order valence-corrected chi connectivity index (χ4v) is 1.08. The largest absolute Gasteiger partial charge is 1.00 e. The predicted molar refractivity (Wildman–Crippen MR) is 58.1 cm³/mol. The zero-order chi connectivity index (χ0) is 13.0. The van der Waals surface area contributed by atoms with Gasteiger partial charge in [-0.2, -0.15) is 0 Å². The molecule has 1 aliphatic rings. The van der Waals surface area contributed by atoms with E-state index >= 15 is 0 Å². The number of hydrogen-bond acceptors (Lipinski definition) is 7. The molecule has 0 spiro atoms. The third-order valence-electron chi connectivity index (χ3n) is 1.63. The van der Waals surface area contributed by atoms with Crippen LogP contribution in [0.1, 0.15) is 0 Å². The Bertz CT molecular complexity index is 237. The summed E-state index contributed by atoms with van der Waals surface area (Å²) in [4.78, 5) is 2.26. The van der Waals surface area contributed by atoms with Crippen molar-refractivity contribution < 1.29 is 81.7 Å². The number of aliphatic hydroxyl groups is 1. The zero-order valence-electron chi connectivity index (χ0n) is 11.1. The Kier molecular flexibility index (Phi) is 28.5. The van der Waals surface area contributed by atoms with Crippen molar-refractivity contribution >= 4 is 10.4 Å². The van der Waals surface area contributed by atoms with E-state index in [2.05, 4.69) is 23.4 Å². The molecule has 0 aromatic carbocycles. The van der Waals surface area contributed by atoms with Gasteiger partial charge in [0.2, 0.25) is 0 Å². The van der Waals surface area contributed by atoms with Gasteiger partial charge in [-0.3, -0.25) is 13.3 Å². The van der Waals surface area contributed by atoms with Crippen molar-refractivity contribution in [1.29, 1.82) is 0 Å². The number of piperazine rings is 1. The Morgan fingerprint density at radius 2 is 1.50 bits per heavy atom. The predicted octanol–water partition coefficient (Wildman–Crippen LogP) is -7.64. The topological polar surface area (TPSA) is 116 Å². The average molecular weight is 300 g/mol. The molecular weight excluding hydrogens is 282 g/mol. The first-order valence-corrected chi connectivity index (χ1v) is 5.97. The third kappa shape index (κ3) is 30.5. The summed E-state index contributed by atoms with van der Waals surface area (Å²) in [5.74, 6) is 0. The maximum Gasteiger partial charge on any atom is 1.00 e. The molecule has 0 radical (unpaired) electrons. The quantitative estimate of drug-likeness (QED) is 0.225. The minimum atomic E-state index is -5.17. The number of rotatable bonds is 2. The van der Waals surface area contributed by atoms with Crippen molar-refractivity contribution in [3.8, 4) is 0 Å². The van der Waals surface area contributed by atoms with Crippen molar-refractivity contribution in [1.82, 2.24) is 10.2 Å². The maximum atomic E-state index is 8.56. The van der Waals surface area contributed by atoms with Gasteiger partial charge in [-0.05, 0) is 0 Å². The zero-order valence-corrected chi connectivity index (χ0v) is 15.9. The van der Waals surface area contributed by atoms with Gasteiger partial charge < -0.3 is 19.5 Å². The first-order valence-electron chi connectivity index (χ1n) is 4.64. The number of nitrogens with zero attached hydrogens (tertiary/aromatic N) is 1. The van der Waals surface area contributed by atoms with Gasteiger partial charge >= 0.3 is 59.1 Å². The second kappa shape index (κ2) is 18.5. The minimum absolute atomic E-state index is 0. The molecule has 2 N–H and O–H groups in total. The van der Waals surface area contributed by atoms with Crippen LogP contribution in [0.25, 0.3) is 0 Å². The minimum Gasteiger partial charge on any atom is -0.759 e. The molecule has 7 nitrogen and oxygen atoms in total. The molecule has 1 heterocycles. The van der Waals surface area contributed by atoms with Crippen molar-refractivity contribution in [2.45, 2.75) is 0 Å². The fourth-order valence-electron chi connectivity index (χ4n) is 1.08. The number of nitrogens with one attached hydrogen (secondary N) is 1. The fraction of sp³-hybridized carbons (Fsp3) is 0.750. The van der Waals surface area contributed by atoms with Crippen LogP contribution >= 0.6 is 0 Å². The summed E-state index contributed by atoms with van der Waals surface area (Å²) in [6.07, 6.45) is 0. The second-order valence-electron chi connectivity index (χ2n) is 2.72. The molecule has 1 rings (SSSR count). The molecule has 18 heavy (non-hydrogen) atoms. The second-order valence-corrected chi connectivity index (χ2v) is 3.54. The van der Waals surface area contributed by atoms with E-state index in [1.54, 1.807) is 0 Å². The van der Waals surface area contributed by atoms with E-state index in [0.717, 1.165) is 32.7 Å². The Hall–Kier alpha value is 1.49. The Balaban J connectivity index is -0.0000000959. The molecule has 98 valence electrons. The molecule has 0 saturated carbocycles. The van der Waals surface area contributed by atoms with Gasteiger partial charge in [0.1, 0.15) is 0 Å². The normalized spacial score (nSPS) is 14.6. The molecule has 1 aliphatic heterocycles. The number of β-amino-alcohol motifs (C(OH)–C–C–N with tert-alkyl or cyclic N) is 1. The Morgan fingerprint density at radius 3 is 1.78 bits per heavy atom. The number of hydrogen-bond donors (Lipinski definition) is 2. The molecule has 0 atom stereocenters. The van der Waals surface area contributed by atoms with E-state index in [9.17, 15) is 0 Å². The summed E-state index contributed by atoms with van der Waals surface area (Å²) in [7, 11) is -5.17. The van der Waals surface area contributed by atoms with Crippen LogP contribution in [0, 0.1) is 0 Å². The van der Waals surface area contributed by atoms with Crippen LogP contribution in [0.2, 0.25) is 0 Å². The van der Waals surface area contributed by atoms with Gasteiger partial charge in [0.25, 0.3) is 0 Å². The molecule has 0 aliphatic carbocycles. The van der Waals surface area contributed by atoms with E-state index in [4.69, 9.17) is 22.6 Å². The SMILES string of the molecule is C=C.O=S(=O)([O-])[O-].OCCN1CCNCC1.[Na+].[Na+]. The molecule has 0 unspecified atom stereocenters. The van der Waals surface area contributed by atoms with E-state index in [-0.39, 0.29) is 59.1 Å². The van der Waals surface area contributed by atoms with Crippen molar-refractivity contribution in [3.05, 3.63) is 13.2 Å². The van der Waals surface area contributed by atoms with Crippen LogP contribution < -0.4 is 64.4 Å². The van der Waals surface area contributed by atoms with Gasteiger partial charge in [0.05, 0.1) is 6.61 Å². The molecule has 0 bridgehead atoms. The Labute approximate surface area is 153 Å². The van der Waals surface area contributed by atoms with Crippen LogP contribution in [0.4, 0.5) is 0 Å². The third-order valence-corrected chi connectivity index (χ3v) is 1.63. The van der Waals surface area contributed by atoms with Crippen LogP contribution in [0.3, 0.4) is 0 Å². The number of aliphatic hydroxyl groups excluding tert-OH is 1. The van der Waals surface area contributed by atoms with Crippen molar-refractivity contribution in [2.24, 2.45) is 0 Å². The monoisotopic (exact) mass is 300 g/mol. The standard InChI is InChI=1S/C6H14N2O.C2H4.2Na.H2O4S/c9-6-5-8-3-1-7-2-4-8;1-2;;;1-5(2,3)4/h7,9H,1-6H2;1-2H2;;;(H2,1,2,3,4)/q;;2*+1;/p-2. The van der Waals surface area contributed by atoms with Crippen molar-refractivity contribution in [2.75, 3.05) is 39.3 Å². The molecular formula is C8H18N2Na2O5S. The van der Waals surface area contributed by atoms with Gasteiger partial charge in [-0.15, -0.1) is 13.2 Å². The van der Waals surface area contributed by atoms with Gasteiger partial charge in [-0.25, -0.2) is 0 Å². The summed E-state index contributed by atoms with van der Waals surface area (Å²) in [5, 5.41) is 11.8. The van der Waals surface area contributed by atoms with Gasteiger partial charge in [0, 0.05) is 43.1 Å². The maximum absolute atomic E-state index is 8.56. The summed E-state index contributed by atoms with van der Waals surface area (Å²) >= 11 is 0. The van der Waals surface area contributed by atoms with Crippen LogP contribution in [0.5, 0.6) is 0 Å². The molecule has 1 saturated heterocycles. The molecule has 0 aromatic heterocycles. The van der Waals surface area contributed by atoms with E-state index in [0.29, 0.717) is 6.61 Å². The smallest absolute Gasteiger partial charge is 0.759 e. The molecule has 10 heteroatoms. The van der Waals surface area contributed by atoms with Crippen molar-refractivity contribution in [3.63, 3.8) is 0 Å². The van der Waals surface area contributed by atoms with E-state index in [1.165, 1.54) is 0 Å². The average Bonchev–Trinajstić information content (AvgIpc) is 2.20. The summed E-state index contributed by atoms with van der Waals surface area (Å²) in [6, 6.07) is 0. The molecule has 0 aromatic rings. The van der Waals surface area contributed by atoms with E-state index < -0.39 is 10.4 Å². The van der Waals surface area contributed by atoms with Gasteiger partial charge in [-0.1, -0.05) is 0 Å².